The fourth-order valence-corrected chi connectivity index (χ4v) is 3.10. The van der Waals surface area contributed by atoms with Crippen LogP contribution < -0.4 is 5.32 Å². The molecule has 0 amide bonds. The van der Waals surface area contributed by atoms with Crippen molar-refractivity contribution in [2.75, 3.05) is 6.54 Å². The van der Waals surface area contributed by atoms with E-state index in [-0.39, 0.29) is 0 Å². The summed E-state index contributed by atoms with van der Waals surface area (Å²) in [7, 11) is 2.01. The van der Waals surface area contributed by atoms with E-state index in [9.17, 15) is 0 Å². The van der Waals surface area contributed by atoms with Crippen molar-refractivity contribution in [2.24, 2.45) is 13.0 Å². The second-order valence-corrected chi connectivity index (χ2v) is 6.00. The molecule has 3 nitrogen and oxygen atoms in total. The average molecular weight is 284 g/mol. The van der Waals surface area contributed by atoms with Gasteiger partial charge in [-0.25, -0.2) is 0 Å². The molecule has 1 heterocycles. The highest BCUT2D eigenvalue weighted by Crippen LogP contribution is 2.35. The first-order chi connectivity index (χ1) is 9.17. The number of nitrogens with zero attached hydrogens (tertiary/aromatic N) is 2. The second-order valence-electron chi connectivity index (χ2n) is 5.62. The van der Waals surface area contributed by atoms with Crippen LogP contribution in [0, 0.1) is 5.92 Å². The third-order valence-corrected chi connectivity index (χ3v) is 4.48. The minimum Gasteiger partial charge on any atom is -0.314 e. The number of aromatic nitrogens is 2. The molecule has 0 aromatic carbocycles. The summed E-state index contributed by atoms with van der Waals surface area (Å²) in [6.07, 6.45) is 7.09. The van der Waals surface area contributed by atoms with E-state index in [2.05, 4.69) is 24.3 Å². The number of hydrogen-bond acceptors (Lipinski definition) is 2. The Bertz CT molecular complexity index is 410. The molecule has 1 atom stereocenters. The van der Waals surface area contributed by atoms with Gasteiger partial charge in [0.1, 0.15) is 0 Å². The molecule has 1 aliphatic rings. The highest BCUT2D eigenvalue weighted by Gasteiger charge is 2.30. The Morgan fingerprint density at radius 2 is 2.16 bits per heavy atom. The average Bonchev–Trinajstić information content (AvgIpc) is 3.19. The van der Waals surface area contributed by atoms with Crippen LogP contribution in [0.1, 0.15) is 50.9 Å². The third-order valence-electron chi connectivity index (χ3n) is 4.04. The zero-order chi connectivity index (χ0) is 13.8. The summed E-state index contributed by atoms with van der Waals surface area (Å²) in [6.45, 7) is 5.46. The van der Waals surface area contributed by atoms with Gasteiger partial charge in [-0.05, 0) is 51.0 Å². The SMILES string of the molecule is CCCNC(CCc1c(Cl)c(CC)nn1C)C1CC1. The van der Waals surface area contributed by atoms with E-state index in [1.807, 2.05) is 11.7 Å². The predicted molar refractivity (Wildman–Crippen MR) is 80.7 cm³/mol. The molecule has 0 bridgehead atoms. The maximum atomic E-state index is 6.41. The summed E-state index contributed by atoms with van der Waals surface area (Å²) >= 11 is 6.41. The minimum absolute atomic E-state index is 0.663. The molecular formula is C15H26ClN3. The van der Waals surface area contributed by atoms with E-state index in [0.717, 1.165) is 36.0 Å². The normalized spacial score (nSPS) is 16.8. The summed E-state index contributed by atoms with van der Waals surface area (Å²) in [4.78, 5) is 0. The van der Waals surface area contributed by atoms with Crippen molar-refractivity contribution in [1.82, 2.24) is 15.1 Å². The molecule has 1 unspecified atom stereocenters. The molecule has 19 heavy (non-hydrogen) atoms. The largest absolute Gasteiger partial charge is 0.314 e. The minimum atomic E-state index is 0.663. The van der Waals surface area contributed by atoms with Crippen LogP contribution in [-0.2, 0) is 19.9 Å². The third kappa shape index (κ3) is 3.73. The van der Waals surface area contributed by atoms with Crippen molar-refractivity contribution in [2.45, 2.75) is 58.4 Å². The fraction of sp³-hybridized carbons (Fsp3) is 0.800. The first-order valence-corrected chi connectivity index (χ1v) is 7.98. The lowest BCUT2D eigenvalue weighted by atomic mass is 10.0. The van der Waals surface area contributed by atoms with Crippen LogP contribution in [0.4, 0.5) is 0 Å². The van der Waals surface area contributed by atoms with E-state index in [1.165, 1.54) is 31.4 Å². The van der Waals surface area contributed by atoms with Crippen LogP contribution >= 0.6 is 11.6 Å². The highest BCUT2D eigenvalue weighted by molar-refractivity contribution is 6.31. The fourth-order valence-electron chi connectivity index (χ4n) is 2.72. The van der Waals surface area contributed by atoms with Gasteiger partial charge in [0.15, 0.2) is 0 Å². The van der Waals surface area contributed by atoms with E-state index >= 15 is 0 Å². The Morgan fingerprint density at radius 3 is 2.68 bits per heavy atom. The van der Waals surface area contributed by atoms with Gasteiger partial charge < -0.3 is 5.32 Å². The zero-order valence-electron chi connectivity index (χ0n) is 12.4. The van der Waals surface area contributed by atoms with E-state index in [0.29, 0.717) is 6.04 Å². The van der Waals surface area contributed by atoms with Gasteiger partial charge >= 0.3 is 0 Å². The van der Waals surface area contributed by atoms with Gasteiger partial charge in [-0.2, -0.15) is 5.10 Å². The van der Waals surface area contributed by atoms with Crippen molar-refractivity contribution in [3.05, 3.63) is 16.4 Å². The Morgan fingerprint density at radius 1 is 1.42 bits per heavy atom. The predicted octanol–water partition coefficient (Wildman–Crippen LogP) is 3.35. The Labute approximate surface area is 121 Å². The molecule has 0 radical (unpaired) electrons. The molecule has 2 rings (SSSR count). The van der Waals surface area contributed by atoms with Crippen LogP contribution in [0.15, 0.2) is 0 Å². The van der Waals surface area contributed by atoms with Gasteiger partial charge in [-0.3, -0.25) is 4.68 Å². The first-order valence-electron chi connectivity index (χ1n) is 7.61. The molecule has 1 aromatic heterocycles. The van der Waals surface area contributed by atoms with Crippen LogP contribution in [0.25, 0.3) is 0 Å². The molecule has 1 N–H and O–H groups in total. The van der Waals surface area contributed by atoms with Crippen molar-refractivity contribution in [3.8, 4) is 0 Å². The van der Waals surface area contributed by atoms with Crippen molar-refractivity contribution in [1.29, 1.82) is 0 Å². The Hall–Kier alpha value is -0.540. The number of nitrogens with one attached hydrogen (secondary N) is 1. The van der Waals surface area contributed by atoms with Gasteiger partial charge in [0.05, 0.1) is 16.4 Å². The molecule has 1 fully saturated rings. The summed E-state index contributed by atoms with van der Waals surface area (Å²) in [5.74, 6) is 0.893. The van der Waals surface area contributed by atoms with E-state index < -0.39 is 0 Å². The molecule has 1 saturated carbocycles. The maximum absolute atomic E-state index is 6.41. The monoisotopic (exact) mass is 283 g/mol. The summed E-state index contributed by atoms with van der Waals surface area (Å²) in [6, 6.07) is 0.663. The summed E-state index contributed by atoms with van der Waals surface area (Å²) < 4.78 is 1.96. The van der Waals surface area contributed by atoms with Crippen LogP contribution in [0.3, 0.4) is 0 Å². The second kappa shape index (κ2) is 6.76. The van der Waals surface area contributed by atoms with E-state index in [4.69, 9.17) is 11.6 Å². The van der Waals surface area contributed by atoms with Crippen LogP contribution in [0.2, 0.25) is 5.02 Å². The van der Waals surface area contributed by atoms with Crippen LogP contribution in [-0.4, -0.2) is 22.4 Å². The lowest BCUT2D eigenvalue weighted by Gasteiger charge is -2.18. The Kier molecular flexibility index (Phi) is 5.28. The molecule has 0 saturated heterocycles. The molecule has 1 aliphatic carbocycles. The van der Waals surface area contributed by atoms with Gasteiger partial charge in [0, 0.05) is 13.1 Å². The van der Waals surface area contributed by atoms with Gasteiger partial charge in [0.2, 0.25) is 0 Å². The van der Waals surface area contributed by atoms with Gasteiger partial charge in [0.25, 0.3) is 0 Å². The van der Waals surface area contributed by atoms with Gasteiger partial charge in [-0.15, -0.1) is 0 Å². The molecule has 0 aliphatic heterocycles. The number of rotatable bonds is 8. The van der Waals surface area contributed by atoms with Crippen molar-refractivity contribution in [3.63, 3.8) is 0 Å². The van der Waals surface area contributed by atoms with Crippen molar-refractivity contribution < 1.29 is 0 Å². The molecule has 108 valence electrons. The zero-order valence-corrected chi connectivity index (χ0v) is 13.1. The quantitative estimate of drug-likeness (QED) is 0.793. The smallest absolute Gasteiger partial charge is 0.0849 e. The topological polar surface area (TPSA) is 29.9 Å². The first kappa shape index (κ1) is 14.9. The maximum Gasteiger partial charge on any atom is 0.0849 e. The molecule has 0 spiro atoms. The highest BCUT2D eigenvalue weighted by atomic mass is 35.5. The lowest BCUT2D eigenvalue weighted by molar-refractivity contribution is 0.431. The standard InChI is InChI=1S/C15H26ClN3/c1-4-10-17-13(11-6-7-11)8-9-14-15(16)12(5-2)18-19(14)3/h11,13,17H,4-10H2,1-3H3. The summed E-state index contributed by atoms with van der Waals surface area (Å²) in [5.41, 5.74) is 2.23. The van der Waals surface area contributed by atoms with Crippen LogP contribution in [0.5, 0.6) is 0 Å². The summed E-state index contributed by atoms with van der Waals surface area (Å²) in [5, 5.41) is 9.07. The van der Waals surface area contributed by atoms with Crippen molar-refractivity contribution >= 4 is 11.6 Å². The van der Waals surface area contributed by atoms with E-state index in [1.54, 1.807) is 0 Å². The lowest BCUT2D eigenvalue weighted by Crippen LogP contribution is -2.32. The number of halogens is 1. The molecule has 4 heteroatoms. The molecular weight excluding hydrogens is 258 g/mol. The Balaban J connectivity index is 1.94. The number of hydrogen-bond donors (Lipinski definition) is 1. The number of aryl methyl sites for hydroxylation is 2. The van der Waals surface area contributed by atoms with Gasteiger partial charge in [-0.1, -0.05) is 25.4 Å². The molecule has 1 aromatic rings.